The van der Waals surface area contributed by atoms with Crippen LogP contribution < -0.4 is 9.47 Å². The van der Waals surface area contributed by atoms with Gasteiger partial charge in [0.05, 0.1) is 19.8 Å². The Bertz CT molecular complexity index is 1130. The Morgan fingerprint density at radius 3 is 2.53 bits per heavy atom. The van der Waals surface area contributed by atoms with Gasteiger partial charge in [-0.3, -0.25) is 4.79 Å². The fourth-order valence-electron chi connectivity index (χ4n) is 3.86. The highest BCUT2D eigenvalue weighted by atomic mass is 19.4. The van der Waals surface area contributed by atoms with Crippen molar-refractivity contribution in [2.75, 3.05) is 13.2 Å². The van der Waals surface area contributed by atoms with Gasteiger partial charge >= 0.3 is 12.3 Å². The monoisotopic (exact) mass is 504 g/mol. The Balaban J connectivity index is 1.65. The van der Waals surface area contributed by atoms with Gasteiger partial charge in [-0.2, -0.15) is 0 Å². The lowest BCUT2D eigenvalue weighted by atomic mass is 10.0. The molecule has 9 heteroatoms. The van der Waals surface area contributed by atoms with Crippen LogP contribution >= 0.6 is 0 Å². The van der Waals surface area contributed by atoms with Crippen molar-refractivity contribution in [3.05, 3.63) is 66.0 Å². The van der Waals surface area contributed by atoms with E-state index in [4.69, 9.17) is 9.47 Å². The second-order valence-corrected chi connectivity index (χ2v) is 8.59. The van der Waals surface area contributed by atoms with Crippen molar-refractivity contribution in [1.29, 1.82) is 0 Å². The molecule has 0 saturated carbocycles. The van der Waals surface area contributed by atoms with E-state index in [-0.39, 0.29) is 17.6 Å². The maximum atomic E-state index is 12.5. The highest BCUT2D eigenvalue weighted by Crippen LogP contribution is 2.28. The number of rotatable bonds is 12. The maximum Gasteiger partial charge on any atom is 0.573 e. The fraction of sp³-hybridized carbons (Fsp3) is 0.407. The van der Waals surface area contributed by atoms with E-state index in [2.05, 4.69) is 9.72 Å². The molecule has 0 fully saturated rings. The first kappa shape index (κ1) is 27.1. The van der Waals surface area contributed by atoms with Crippen LogP contribution in [0.5, 0.6) is 11.5 Å². The van der Waals surface area contributed by atoms with Crippen LogP contribution in [0.1, 0.15) is 44.4 Å². The lowest BCUT2D eigenvalue weighted by molar-refractivity contribution is -0.274. The summed E-state index contributed by atoms with van der Waals surface area (Å²) >= 11 is 0. The van der Waals surface area contributed by atoms with Crippen molar-refractivity contribution in [1.82, 2.24) is 9.55 Å². The van der Waals surface area contributed by atoms with Crippen LogP contribution in [-0.2, 0) is 16.1 Å². The minimum absolute atomic E-state index is 0.176. The molecule has 36 heavy (non-hydrogen) atoms. The number of esters is 1. The Morgan fingerprint density at radius 2 is 1.83 bits per heavy atom. The van der Waals surface area contributed by atoms with Gasteiger partial charge in [0.2, 0.25) is 0 Å². The van der Waals surface area contributed by atoms with E-state index in [9.17, 15) is 18.0 Å². The van der Waals surface area contributed by atoms with Gasteiger partial charge in [-0.1, -0.05) is 25.1 Å². The van der Waals surface area contributed by atoms with E-state index < -0.39 is 6.36 Å². The molecule has 194 valence electrons. The molecule has 0 bridgehead atoms. The SMILES string of the molecule is CCOC(=O)C[C@H](C)CCCOc1ccccc1Cn1c(C)cnc1-c1ccc(OC(F)(F)F)cc1. The zero-order valence-corrected chi connectivity index (χ0v) is 20.7. The second-order valence-electron chi connectivity index (χ2n) is 8.59. The normalized spacial score (nSPS) is 12.3. The van der Waals surface area contributed by atoms with E-state index in [0.29, 0.717) is 37.6 Å². The molecular formula is C27H31F3N2O4. The Hall–Kier alpha value is -3.49. The van der Waals surface area contributed by atoms with Crippen molar-refractivity contribution in [2.24, 2.45) is 5.92 Å². The largest absolute Gasteiger partial charge is 0.573 e. The third-order valence-corrected chi connectivity index (χ3v) is 5.62. The third-order valence-electron chi connectivity index (χ3n) is 5.62. The van der Waals surface area contributed by atoms with Crippen molar-refractivity contribution in [3.63, 3.8) is 0 Å². The van der Waals surface area contributed by atoms with E-state index in [1.54, 1.807) is 25.3 Å². The molecule has 0 unspecified atom stereocenters. The summed E-state index contributed by atoms with van der Waals surface area (Å²) in [6.45, 7) is 7.13. The van der Waals surface area contributed by atoms with Crippen molar-refractivity contribution in [3.8, 4) is 22.9 Å². The Morgan fingerprint density at radius 1 is 1.11 bits per heavy atom. The van der Waals surface area contributed by atoms with Gasteiger partial charge in [-0.15, -0.1) is 13.2 Å². The van der Waals surface area contributed by atoms with Gasteiger partial charge in [-0.05, 0) is 62.9 Å². The van der Waals surface area contributed by atoms with Crippen LogP contribution in [0, 0.1) is 12.8 Å². The van der Waals surface area contributed by atoms with E-state index in [1.165, 1.54) is 12.1 Å². The number of ether oxygens (including phenoxy) is 3. The molecule has 1 atom stereocenters. The molecule has 3 rings (SSSR count). The molecule has 0 N–H and O–H groups in total. The van der Waals surface area contributed by atoms with Gasteiger partial charge < -0.3 is 18.8 Å². The second kappa shape index (κ2) is 12.5. The molecule has 0 aliphatic rings. The highest BCUT2D eigenvalue weighted by molar-refractivity contribution is 5.69. The Labute approximate surface area is 209 Å². The first-order valence-corrected chi connectivity index (χ1v) is 11.9. The number of para-hydroxylation sites is 1. The average Bonchev–Trinajstić information content (AvgIpc) is 3.17. The van der Waals surface area contributed by atoms with Crippen LogP contribution in [0.25, 0.3) is 11.4 Å². The molecule has 1 aromatic heterocycles. The van der Waals surface area contributed by atoms with Crippen molar-refractivity contribution < 1.29 is 32.2 Å². The maximum absolute atomic E-state index is 12.5. The molecule has 3 aromatic rings. The molecule has 2 aromatic carbocycles. The molecule has 0 radical (unpaired) electrons. The van der Waals surface area contributed by atoms with Crippen LogP contribution in [0.4, 0.5) is 13.2 Å². The quantitative estimate of drug-likeness (QED) is 0.207. The first-order valence-electron chi connectivity index (χ1n) is 11.9. The smallest absolute Gasteiger partial charge is 0.493 e. The predicted molar refractivity (Wildman–Crippen MR) is 130 cm³/mol. The first-order chi connectivity index (χ1) is 17.2. The summed E-state index contributed by atoms with van der Waals surface area (Å²) in [6.07, 6.45) is -0.962. The molecule has 0 spiro atoms. The number of halogens is 3. The van der Waals surface area contributed by atoms with Crippen molar-refractivity contribution >= 4 is 5.97 Å². The van der Waals surface area contributed by atoms with Gasteiger partial charge in [-0.25, -0.2) is 4.98 Å². The molecular weight excluding hydrogens is 473 g/mol. The fourth-order valence-corrected chi connectivity index (χ4v) is 3.86. The molecule has 1 heterocycles. The predicted octanol–water partition coefficient (Wildman–Crippen LogP) is 6.55. The van der Waals surface area contributed by atoms with Crippen LogP contribution in [-0.4, -0.2) is 35.1 Å². The van der Waals surface area contributed by atoms with E-state index in [1.807, 2.05) is 42.7 Å². The number of hydrogen-bond acceptors (Lipinski definition) is 5. The van der Waals surface area contributed by atoms with Crippen LogP contribution in [0.15, 0.2) is 54.7 Å². The summed E-state index contributed by atoms with van der Waals surface area (Å²) in [5, 5.41) is 0. The summed E-state index contributed by atoms with van der Waals surface area (Å²) in [6, 6.07) is 13.4. The van der Waals surface area contributed by atoms with E-state index >= 15 is 0 Å². The number of imidazole rings is 1. The zero-order valence-electron chi connectivity index (χ0n) is 20.7. The number of benzene rings is 2. The number of aryl methyl sites for hydroxylation is 1. The molecule has 0 amide bonds. The zero-order chi connectivity index (χ0) is 26.1. The standard InChI is InChI=1S/C27H31F3N2O4/c1-4-34-25(33)16-19(2)8-7-15-35-24-10-6-5-9-22(24)18-32-20(3)17-31-26(32)21-11-13-23(14-12-21)36-27(28,29)30/h5-6,9-14,17,19H,4,7-8,15-16,18H2,1-3H3/t19-/m1/s1. The topological polar surface area (TPSA) is 62.6 Å². The molecule has 0 aliphatic heterocycles. The lowest BCUT2D eigenvalue weighted by Crippen LogP contribution is -2.17. The van der Waals surface area contributed by atoms with Gasteiger partial charge in [0, 0.05) is 29.4 Å². The van der Waals surface area contributed by atoms with Gasteiger partial charge in [0.25, 0.3) is 0 Å². The average molecular weight is 505 g/mol. The van der Waals surface area contributed by atoms with Crippen LogP contribution in [0.2, 0.25) is 0 Å². The number of aromatic nitrogens is 2. The Kier molecular flexibility index (Phi) is 9.38. The summed E-state index contributed by atoms with van der Waals surface area (Å²) in [4.78, 5) is 16.1. The summed E-state index contributed by atoms with van der Waals surface area (Å²) < 4.78 is 54.4. The van der Waals surface area contributed by atoms with Gasteiger partial charge in [0.15, 0.2) is 0 Å². The minimum Gasteiger partial charge on any atom is -0.493 e. The highest BCUT2D eigenvalue weighted by Gasteiger charge is 2.31. The number of alkyl halides is 3. The molecule has 0 aliphatic carbocycles. The van der Waals surface area contributed by atoms with E-state index in [0.717, 1.165) is 29.8 Å². The number of carbonyl (C=O) groups excluding carboxylic acids is 1. The summed E-state index contributed by atoms with van der Waals surface area (Å²) in [5.74, 6) is 1.14. The molecule has 6 nitrogen and oxygen atoms in total. The van der Waals surface area contributed by atoms with Crippen molar-refractivity contribution in [2.45, 2.75) is 52.9 Å². The number of carbonyl (C=O) groups is 1. The van der Waals surface area contributed by atoms with Crippen LogP contribution in [0.3, 0.4) is 0 Å². The van der Waals surface area contributed by atoms with Gasteiger partial charge in [0.1, 0.15) is 17.3 Å². The number of nitrogens with zero attached hydrogens (tertiary/aromatic N) is 2. The number of hydrogen-bond donors (Lipinski definition) is 0. The third kappa shape index (κ3) is 8.03. The summed E-state index contributed by atoms with van der Waals surface area (Å²) in [7, 11) is 0. The minimum atomic E-state index is -4.74. The summed E-state index contributed by atoms with van der Waals surface area (Å²) in [5.41, 5.74) is 2.53. The lowest BCUT2D eigenvalue weighted by Gasteiger charge is -2.16. The molecule has 0 saturated heterocycles.